The van der Waals surface area contributed by atoms with Crippen LogP contribution in [0.25, 0.3) is 11.4 Å². The third kappa shape index (κ3) is 2.69. The molecule has 94 valence electrons. The second-order valence-corrected chi connectivity index (χ2v) is 3.70. The highest BCUT2D eigenvalue weighted by Gasteiger charge is 2.09. The third-order valence-electron chi connectivity index (χ3n) is 2.43. The van der Waals surface area contributed by atoms with E-state index in [0.29, 0.717) is 11.4 Å². The molecule has 0 saturated heterocycles. The van der Waals surface area contributed by atoms with E-state index >= 15 is 0 Å². The van der Waals surface area contributed by atoms with Crippen molar-refractivity contribution in [1.29, 1.82) is 0 Å². The number of aliphatic hydroxyl groups is 4. The average molecular weight is 248 g/mol. The molecule has 0 radical (unpaired) electrons. The lowest BCUT2D eigenvalue weighted by atomic mass is 10.1. The molecule has 0 fully saturated rings. The van der Waals surface area contributed by atoms with Gasteiger partial charge in [0.1, 0.15) is 0 Å². The van der Waals surface area contributed by atoms with E-state index in [2.05, 4.69) is 9.97 Å². The molecule has 4 N–H and O–H groups in total. The first-order chi connectivity index (χ1) is 8.58. The fourth-order valence-electron chi connectivity index (χ4n) is 1.50. The molecular weight excluding hydrogens is 236 g/mol. The molecule has 0 amide bonds. The smallest absolute Gasteiger partial charge is 0.178 e. The van der Waals surface area contributed by atoms with E-state index < -0.39 is 12.6 Å². The first kappa shape index (κ1) is 12.6. The van der Waals surface area contributed by atoms with Crippen molar-refractivity contribution in [2.24, 2.45) is 0 Å². The van der Waals surface area contributed by atoms with Crippen molar-refractivity contribution < 1.29 is 20.4 Å². The molecule has 2 aromatic rings. The molecule has 0 aliphatic rings. The van der Waals surface area contributed by atoms with Gasteiger partial charge in [0, 0.05) is 23.5 Å². The first-order valence-corrected chi connectivity index (χ1v) is 5.22. The van der Waals surface area contributed by atoms with Crippen molar-refractivity contribution in [1.82, 2.24) is 9.97 Å². The Labute approximate surface area is 103 Å². The molecule has 0 atom stereocenters. The molecule has 0 bridgehead atoms. The fourth-order valence-corrected chi connectivity index (χ4v) is 1.50. The molecule has 6 nitrogen and oxygen atoms in total. The van der Waals surface area contributed by atoms with Crippen LogP contribution in [0.4, 0.5) is 0 Å². The summed E-state index contributed by atoms with van der Waals surface area (Å²) in [5, 5.41) is 36.3. The molecule has 0 aliphatic heterocycles. The molecule has 0 spiro atoms. The summed E-state index contributed by atoms with van der Waals surface area (Å²) in [4.78, 5) is 8.09. The SMILES string of the molecule is OC(O)c1ccnc(-c2cc(C(O)O)ccn2)c1. The lowest BCUT2D eigenvalue weighted by molar-refractivity contribution is -0.0432. The van der Waals surface area contributed by atoms with Crippen LogP contribution in [0, 0.1) is 0 Å². The second-order valence-electron chi connectivity index (χ2n) is 3.70. The number of rotatable bonds is 3. The summed E-state index contributed by atoms with van der Waals surface area (Å²) in [5.41, 5.74) is 1.42. The van der Waals surface area contributed by atoms with E-state index in [-0.39, 0.29) is 11.1 Å². The van der Waals surface area contributed by atoms with Crippen molar-refractivity contribution in [2.45, 2.75) is 12.6 Å². The Kier molecular flexibility index (Phi) is 3.63. The molecule has 6 heteroatoms. The number of hydrogen-bond donors (Lipinski definition) is 4. The lowest BCUT2D eigenvalue weighted by Crippen LogP contribution is -1.99. The van der Waals surface area contributed by atoms with Crippen LogP contribution in [0.5, 0.6) is 0 Å². The predicted octanol–water partition coefficient (Wildman–Crippen LogP) is 0.110. The van der Waals surface area contributed by atoms with Crippen molar-refractivity contribution >= 4 is 0 Å². The summed E-state index contributed by atoms with van der Waals surface area (Å²) in [7, 11) is 0. The Balaban J connectivity index is 2.42. The van der Waals surface area contributed by atoms with Gasteiger partial charge < -0.3 is 20.4 Å². The van der Waals surface area contributed by atoms with Gasteiger partial charge in [-0.25, -0.2) is 0 Å². The van der Waals surface area contributed by atoms with Gasteiger partial charge >= 0.3 is 0 Å². The largest absolute Gasteiger partial charge is 0.364 e. The van der Waals surface area contributed by atoms with E-state index in [9.17, 15) is 0 Å². The van der Waals surface area contributed by atoms with E-state index in [1.54, 1.807) is 0 Å². The topological polar surface area (TPSA) is 107 Å². The van der Waals surface area contributed by atoms with Gasteiger partial charge in [-0.05, 0) is 24.3 Å². The van der Waals surface area contributed by atoms with Crippen LogP contribution in [0.2, 0.25) is 0 Å². The standard InChI is InChI=1S/C12H12N2O4/c15-11(16)7-1-3-13-9(5-7)10-6-8(12(17)18)2-4-14-10/h1-6,11-12,15-18H. The van der Waals surface area contributed by atoms with Crippen LogP contribution in [-0.2, 0) is 0 Å². The van der Waals surface area contributed by atoms with E-state index in [0.717, 1.165) is 0 Å². The maximum absolute atomic E-state index is 9.07. The summed E-state index contributed by atoms with van der Waals surface area (Å²) in [6, 6.07) is 5.89. The fraction of sp³-hybridized carbons (Fsp3) is 0.167. The maximum Gasteiger partial charge on any atom is 0.178 e. The molecule has 18 heavy (non-hydrogen) atoms. The zero-order chi connectivity index (χ0) is 13.1. The van der Waals surface area contributed by atoms with Gasteiger partial charge in [-0.3, -0.25) is 9.97 Å². The Bertz CT molecular complexity index is 494. The van der Waals surface area contributed by atoms with Gasteiger partial charge in [-0.2, -0.15) is 0 Å². The zero-order valence-electron chi connectivity index (χ0n) is 9.30. The molecule has 0 aliphatic carbocycles. The summed E-state index contributed by atoms with van der Waals surface area (Å²) >= 11 is 0. The Morgan fingerprint density at radius 2 is 1.11 bits per heavy atom. The number of nitrogens with zero attached hydrogens (tertiary/aromatic N) is 2. The van der Waals surface area contributed by atoms with Gasteiger partial charge in [0.05, 0.1) is 11.4 Å². The Hall–Kier alpha value is -1.86. The normalized spacial score (nSPS) is 11.2. The molecule has 2 rings (SSSR count). The van der Waals surface area contributed by atoms with Gasteiger partial charge in [-0.15, -0.1) is 0 Å². The number of pyridine rings is 2. The van der Waals surface area contributed by atoms with Gasteiger partial charge in [0.15, 0.2) is 12.6 Å². The van der Waals surface area contributed by atoms with Crippen LogP contribution in [0.3, 0.4) is 0 Å². The van der Waals surface area contributed by atoms with Crippen molar-refractivity contribution in [3.05, 3.63) is 47.8 Å². The van der Waals surface area contributed by atoms with Crippen molar-refractivity contribution in [3.8, 4) is 11.4 Å². The van der Waals surface area contributed by atoms with Gasteiger partial charge in [-0.1, -0.05) is 0 Å². The van der Waals surface area contributed by atoms with Gasteiger partial charge in [0.2, 0.25) is 0 Å². The number of aliphatic hydroxyl groups excluding tert-OH is 2. The van der Waals surface area contributed by atoms with E-state index in [4.69, 9.17) is 20.4 Å². The summed E-state index contributed by atoms with van der Waals surface area (Å²) in [5.74, 6) is 0. The summed E-state index contributed by atoms with van der Waals surface area (Å²) < 4.78 is 0. The molecule has 0 unspecified atom stereocenters. The average Bonchev–Trinajstić information content (AvgIpc) is 2.39. The summed E-state index contributed by atoms with van der Waals surface area (Å²) in [6.07, 6.45) is -0.321. The summed E-state index contributed by atoms with van der Waals surface area (Å²) in [6.45, 7) is 0. The van der Waals surface area contributed by atoms with Crippen molar-refractivity contribution in [2.75, 3.05) is 0 Å². The third-order valence-corrected chi connectivity index (χ3v) is 2.43. The highest BCUT2D eigenvalue weighted by Crippen LogP contribution is 2.20. The number of hydrogen-bond acceptors (Lipinski definition) is 6. The minimum absolute atomic E-state index is 0.289. The van der Waals surface area contributed by atoms with Crippen LogP contribution in [-0.4, -0.2) is 30.4 Å². The molecule has 2 aromatic heterocycles. The first-order valence-electron chi connectivity index (χ1n) is 5.22. The van der Waals surface area contributed by atoms with Crippen molar-refractivity contribution in [3.63, 3.8) is 0 Å². The van der Waals surface area contributed by atoms with Crippen LogP contribution in [0.15, 0.2) is 36.7 Å². The Morgan fingerprint density at radius 3 is 1.44 bits per heavy atom. The molecule has 0 saturated carbocycles. The minimum Gasteiger partial charge on any atom is -0.364 e. The highest BCUT2D eigenvalue weighted by atomic mass is 16.5. The maximum atomic E-state index is 9.07. The van der Waals surface area contributed by atoms with E-state index in [1.807, 2.05) is 0 Å². The molecule has 0 aromatic carbocycles. The van der Waals surface area contributed by atoms with Crippen LogP contribution < -0.4 is 0 Å². The molecular formula is C12H12N2O4. The van der Waals surface area contributed by atoms with Crippen LogP contribution in [0.1, 0.15) is 23.7 Å². The highest BCUT2D eigenvalue weighted by molar-refractivity contribution is 5.55. The second kappa shape index (κ2) is 5.19. The lowest BCUT2D eigenvalue weighted by Gasteiger charge is -2.08. The Morgan fingerprint density at radius 1 is 0.722 bits per heavy atom. The van der Waals surface area contributed by atoms with Crippen LogP contribution >= 0.6 is 0 Å². The predicted molar refractivity (Wildman–Crippen MR) is 61.8 cm³/mol. The minimum atomic E-state index is -1.58. The quantitative estimate of drug-likeness (QED) is 0.574. The van der Waals surface area contributed by atoms with E-state index in [1.165, 1.54) is 36.7 Å². The van der Waals surface area contributed by atoms with Gasteiger partial charge in [0.25, 0.3) is 0 Å². The molecule has 2 heterocycles. The zero-order valence-corrected chi connectivity index (χ0v) is 9.30. The monoisotopic (exact) mass is 248 g/mol. The number of aromatic nitrogens is 2.